The quantitative estimate of drug-likeness (QED) is 0.831. The van der Waals surface area contributed by atoms with Gasteiger partial charge in [-0.05, 0) is 42.0 Å². The van der Waals surface area contributed by atoms with E-state index in [1.807, 2.05) is 7.05 Å². The maximum Gasteiger partial charge on any atom is 0.230 e. The van der Waals surface area contributed by atoms with E-state index in [-0.39, 0.29) is 10.6 Å². The summed E-state index contributed by atoms with van der Waals surface area (Å²) in [5, 5.41) is 0.298. The number of aromatic nitrogens is 3. The summed E-state index contributed by atoms with van der Waals surface area (Å²) in [7, 11) is 1.99. The molecule has 1 aromatic heterocycles. The molecule has 1 saturated carbocycles. The van der Waals surface area contributed by atoms with Gasteiger partial charge < -0.3 is 4.90 Å². The second-order valence-corrected chi connectivity index (χ2v) is 5.39. The van der Waals surface area contributed by atoms with Crippen molar-refractivity contribution in [2.75, 3.05) is 11.9 Å². The molecule has 17 heavy (non-hydrogen) atoms. The summed E-state index contributed by atoms with van der Waals surface area (Å²) in [6.07, 6.45) is 4.89. The Morgan fingerprint density at radius 1 is 1.12 bits per heavy atom. The van der Waals surface area contributed by atoms with Crippen LogP contribution in [0.1, 0.15) is 32.6 Å². The van der Waals surface area contributed by atoms with Crippen molar-refractivity contribution >= 4 is 29.2 Å². The summed E-state index contributed by atoms with van der Waals surface area (Å²) in [4.78, 5) is 14.1. The van der Waals surface area contributed by atoms with Crippen LogP contribution in [0.5, 0.6) is 0 Å². The first-order valence-electron chi connectivity index (χ1n) is 5.86. The summed E-state index contributed by atoms with van der Waals surface area (Å²) < 4.78 is 0. The van der Waals surface area contributed by atoms with E-state index in [9.17, 15) is 0 Å². The predicted molar refractivity (Wildman–Crippen MR) is 69.7 cm³/mol. The first-order chi connectivity index (χ1) is 8.06. The van der Waals surface area contributed by atoms with E-state index in [0.29, 0.717) is 12.0 Å². The molecule has 0 bridgehead atoms. The van der Waals surface area contributed by atoms with E-state index in [2.05, 4.69) is 26.8 Å². The van der Waals surface area contributed by atoms with Crippen molar-refractivity contribution in [1.82, 2.24) is 15.0 Å². The van der Waals surface area contributed by atoms with E-state index < -0.39 is 0 Å². The molecule has 2 unspecified atom stereocenters. The Morgan fingerprint density at radius 3 is 2.35 bits per heavy atom. The lowest BCUT2D eigenvalue weighted by Crippen LogP contribution is -2.36. The average molecular weight is 275 g/mol. The molecule has 0 aliphatic heterocycles. The number of nitrogens with zero attached hydrogens (tertiary/aromatic N) is 4. The average Bonchev–Trinajstić information content (AvgIpc) is 2.26. The zero-order chi connectivity index (χ0) is 12.4. The highest BCUT2D eigenvalue weighted by atomic mass is 35.5. The van der Waals surface area contributed by atoms with Gasteiger partial charge in [0.1, 0.15) is 0 Å². The Bertz CT molecular complexity index is 379. The number of halogens is 2. The highest BCUT2D eigenvalue weighted by Crippen LogP contribution is 2.28. The van der Waals surface area contributed by atoms with Gasteiger partial charge in [0, 0.05) is 13.1 Å². The van der Waals surface area contributed by atoms with Gasteiger partial charge in [-0.3, -0.25) is 0 Å². The fraction of sp³-hybridized carbons (Fsp3) is 0.727. The van der Waals surface area contributed by atoms with Gasteiger partial charge in [-0.15, -0.1) is 0 Å². The molecule has 94 valence electrons. The Hall–Kier alpha value is -0.610. The molecule has 2 rings (SSSR count). The molecule has 2 atom stereocenters. The highest BCUT2D eigenvalue weighted by molar-refractivity contribution is 6.31. The van der Waals surface area contributed by atoms with Crippen molar-refractivity contribution in [2.45, 2.75) is 38.6 Å². The summed E-state index contributed by atoms with van der Waals surface area (Å²) in [6.45, 7) is 2.29. The molecule has 0 amide bonds. The first kappa shape index (κ1) is 12.8. The molecule has 1 fully saturated rings. The molecule has 4 nitrogen and oxygen atoms in total. The minimum Gasteiger partial charge on any atom is -0.341 e. The summed E-state index contributed by atoms with van der Waals surface area (Å²) in [5.41, 5.74) is 0. The van der Waals surface area contributed by atoms with E-state index in [4.69, 9.17) is 23.2 Å². The van der Waals surface area contributed by atoms with Crippen LogP contribution in [0.4, 0.5) is 5.95 Å². The van der Waals surface area contributed by atoms with Gasteiger partial charge >= 0.3 is 0 Å². The van der Waals surface area contributed by atoms with Gasteiger partial charge in [0.05, 0.1) is 0 Å². The number of hydrogen-bond donors (Lipinski definition) is 0. The minimum atomic E-state index is 0.149. The van der Waals surface area contributed by atoms with E-state index >= 15 is 0 Å². The Balaban J connectivity index is 2.15. The minimum absolute atomic E-state index is 0.149. The Kier molecular flexibility index (Phi) is 4.05. The van der Waals surface area contributed by atoms with Crippen molar-refractivity contribution < 1.29 is 0 Å². The van der Waals surface area contributed by atoms with Crippen molar-refractivity contribution in [3.63, 3.8) is 0 Å². The molecule has 1 aliphatic carbocycles. The Morgan fingerprint density at radius 2 is 1.76 bits per heavy atom. The summed E-state index contributed by atoms with van der Waals surface area (Å²) in [5.74, 6) is 1.32. The Labute approximate surface area is 111 Å². The van der Waals surface area contributed by atoms with Gasteiger partial charge in [-0.1, -0.05) is 19.8 Å². The number of hydrogen-bond acceptors (Lipinski definition) is 4. The number of rotatable bonds is 2. The van der Waals surface area contributed by atoms with Crippen LogP contribution in [0.2, 0.25) is 10.6 Å². The fourth-order valence-corrected chi connectivity index (χ4v) is 2.75. The molecule has 0 N–H and O–H groups in total. The van der Waals surface area contributed by atoms with Crippen molar-refractivity contribution in [1.29, 1.82) is 0 Å². The van der Waals surface area contributed by atoms with Gasteiger partial charge in [-0.2, -0.15) is 15.0 Å². The standard InChI is InChI=1S/C11H16Cl2N4/c1-7-4-3-5-8(6-7)17(2)11-15-9(12)14-10(13)16-11/h7-8H,3-6H2,1-2H3. The molecule has 0 spiro atoms. The smallest absolute Gasteiger partial charge is 0.230 e. The highest BCUT2D eigenvalue weighted by Gasteiger charge is 2.24. The van der Waals surface area contributed by atoms with Crippen LogP contribution in [0.25, 0.3) is 0 Å². The molecule has 1 aromatic rings. The van der Waals surface area contributed by atoms with Crippen molar-refractivity contribution in [2.24, 2.45) is 5.92 Å². The lowest BCUT2D eigenvalue weighted by Gasteiger charge is -2.34. The molecular formula is C11H16Cl2N4. The third-order valence-corrected chi connectivity index (χ3v) is 3.68. The van der Waals surface area contributed by atoms with Crippen LogP contribution in [-0.4, -0.2) is 28.0 Å². The van der Waals surface area contributed by atoms with Crippen LogP contribution in [0.3, 0.4) is 0 Å². The SMILES string of the molecule is CC1CCCC(N(C)c2nc(Cl)nc(Cl)n2)C1. The monoisotopic (exact) mass is 274 g/mol. The van der Waals surface area contributed by atoms with Crippen LogP contribution in [-0.2, 0) is 0 Å². The zero-order valence-electron chi connectivity index (χ0n) is 10.0. The van der Waals surface area contributed by atoms with E-state index in [1.54, 1.807) is 0 Å². The van der Waals surface area contributed by atoms with Crippen LogP contribution >= 0.6 is 23.2 Å². The van der Waals surface area contributed by atoms with Gasteiger partial charge in [0.15, 0.2) is 0 Å². The van der Waals surface area contributed by atoms with Gasteiger partial charge in [0.2, 0.25) is 16.5 Å². The van der Waals surface area contributed by atoms with Gasteiger partial charge in [-0.25, -0.2) is 0 Å². The molecule has 1 heterocycles. The van der Waals surface area contributed by atoms with Crippen molar-refractivity contribution in [3.05, 3.63) is 10.6 Å². The number of anilines is 1. The third kappa shape index (κ3) is 3.19. The summed E-state index contributed by atoms with van der Waals surface area (Å²) >= 11 is 11.6. The topological polar surface area (TPSA) is 41.9 Å². The molecule has 0 aromatic carbocycles. The summed E-state index contributed by atoms with van der Waals surface area (Å²) in [6, 6.07) is 0.466. The predicted octanol–water partition coefficient (Wildman–Crippen LogP) is 3.19. The fourth-order valence-electron chi connectivity index (χ4n) is 2.39. The second kappa shape index (κ2) is 5.36. The van der Waals surface area contributed by atoms with Crippen LogP contribution < -0.4 is 4.90 Å². The maximum absolute atomic E-state index is 5.79. The largest absolute Gasteiger partial charge is 0.341 e. The van der Waals surface area contributed by atoms with Crippen molar-refractivity contribution in [3.8, 4) is 0 Å². The zero-order valence-corrected chi connectivity index (χ0v) is 11.5. The lowest BCUT2D eigenvalue weighted by molar-refractivity contribution is 0.334. The first-order valence-corrected chi connectivity index (χ1v) is 6.61. The lowest BCUT2D eigenvalue weighted by atomic mass is 9.86. The molecule has 0 saturated heterocycles. The molecule has 1 aliphatic rings. The van der Waals surface area contributed by atoms with Crippen LogP contribution in [0.15, 0.2) is 0 Å². The van der Waals surface area contributed by atoms with Crippen LogP contribution in [0, 0.1) is 5.92 Å². The second-order valence-electron chi connectivity index (χ2n) is 4.71. The maximum atomic E-state index is 5.79. The van der Waals surface area contributed by atoms with E-state index in [1.165, 1.54) is 19.3 Å². The molecular weight excluding hydrogens is 259 g/mol. The molecule has 0 radical (unpaired) electrons. The molecule has 6 heteroatoms. The van der Waals surface area contributed by atoms with E-state index in [0.717, 1.165) is 12.3 Å². The van der Waals surface area contributed by atoms with Gasteiger partial charge in [0.25, 0.3) is 0 Å². The normalized spacial score (nSPS) is 24.7. The third-order valence-electron chi connectivity index (χ3n) is 3.34.